The zero-order valence-corrected chi connectivity index (χ0v) is 14.9. The fourth-order valence-corrected chi connectivity index (χ4v) is 2.97. The Kier molecular flexibility index (Phi) is 5.39. The molecule has 0 radical (unpaired) electrons. The van der Waals surface area contributed by atoms with E-state index in [0.717, 1.165) is 5.57 Å². The molecular formula is C23H26. The zero-order chi connectivity index (χ0) is 17.0. The summed E-state index contributed by atoms with van der Waals surface area (Å²) in [5, 5.41) is 0. The fourth-order valence-electron chi connectivity index (χ4n) is 2.97. The van der Waals surface area contributed by atoms with Gasteiger partial charge in [0.05, 0.1) is 0 Å². The molecule has 23 heavy (non-hydrogen) atoms. The summed E-state index contributed by atoms with van der Waals surface area (Å²) in [5.74, 6) is 0. The van der Waals surface area contributed by atoms with Gasteiger partial charge in [0.2, 0.25) is 0 Å². The second kappa shape index (κ2) is 7.28. The van der Waals surface area contributed by atoms with Crippen molar-refractivity contribution in [1.82, 2.24) is 0 Å². The van der Waals surface area contributed by atoms with Crippen molar-refractivity contribution >= 4 is 11.1 Å². The van der Waals surface area contributed by atoms with Gasteiger partial charge < -0.3 is 0 Å². The average molecular weight is 302 g/mol. The molecule has 0 bridgehead atoms. The molecule has 0 spiro atoms. The van der Waals surface area contributed by atoms with Crippen molar-refractivity contribution in [2.75, 3.05) is 0 Å². The normalized spacial score (nSPS) is 12.4. The second-order valence-corrected chi connectivity index (χ2v) is 6.19. The van der Waals surface area contributed by atoms with Crippen molar-refractivity contribution < 1.29 is 0 Å². The van der Waals surface area contributed by atoms with Crippen molar-refractivity contribution in [1.29, 1.82) is 0 Å². The molecule has 0 saturated heterocycles. The van der Waals surface area contributed by atoms with Gasteiger partial charge in [-0.15, -0.1) is 0 Å². The number of rotatable bonds is 4. The highest BCUT2D eigenvalue weighted by Crippen LogP contribution is 2.29. The van der Waals surface area contributed by atoms with E-state index in [-0.39, 0.29) is 0 Å². The van der Waals surface area contributed by atoms with Gasteiger partial charge in [0.25, 0.3) is 0 Å². The molecule has 118 valence electrons. The van der Waals surface area contributed by atoms with Crippen LogP contribution < -0.4 is 0 Å². The molecule has 2 aromatic rings. The number of hydrogen-bond acceptors (Lipinski definition) is 0. The first-order chi connectivity index (χ1) is 10.9. The summed E-state index contributed by atoms with van der Waals surface area (Å²) in [5.41, 5.74) is 9.92. The van der Waals surface area contributed by atoms with Crippen molar-refractivity contribution in [3.63, 3.8) is 0 Å². The lowest BCUT2D eigenvalue weighted by Gasteiger charge is -2.14. The molecule has 0 N–H and O–H groups in total. The first-order valence-corrected chi connectivity index (χ1v) is 8.11. The van der Waals surface area contributed by atoms with Crippen LogP contribution in [0.5, 0.6) is 0 Å². The maximum absolute atomic E-state index is 4.32. The summed E-state index contributed by atoms with van der Waals surface area (Å²) in [7, 11) is 0. The lowest BCUT2D eigenvalue weighted by molar-refractivity contribution is 1.35. The summed E-state index contributed by atoms with van der Waals surface area (Å²) >= 11 is 0. The van der Waals surface area contributed by atoms with Gasteiger partial charge in [-0.1, -0.05) is 66.8 Å². The summed E-state index contributed by atoms with van der Waals surface area (Å²) in [6, 6.07) is 15.1. The Hall–Kier alpha value is -2.34. The molecule has 2 rings (SSSR count). The Morgan fingerprint density at radius 1 is 0.913 bits per heavy atom. The molecule has 0 aliphatic carbocycles. The summed E-state index contributed by atoms with van der Waals surface area (Å²) in [4.78, 5) is 0. The largest absolute Gasteiger partial charge is 0.0911 e. The van der Waals surface area contributed by atoms with Crippen LogP contribution in [-0.4, -0.2) is 0 Å². The summed E-state index contributed by atoms with van der Waals surface area (Å²) in [6.45, 7) is 15.0. The van der Waals surface area contributed by atoms with Crippen LogP contribution >= 0.6 is 0 Å². The third-order valence-electron chi connectivity index (χ3n) is 4.28. The minimum Gasteiger partial charge on any atom is -0.0911 e. The molecule has 0 fully saturated rings. The molecule has 0 unspecified atom stereocenters. The van der Waals surface area contributed by atoms with Crippen LogP contribution in [0.4, 0.5) is 0 Å². The predicted molar refractivity (Wildman–Crippen MR) is 104 cm³/mol. The molecular weight excluding hydrogens is 276 g/mol. The molecule has 0 atom stereocenters. The van der Waals surface area contributed by atoms with Crippen LogP contribution in [0, 0.1) is 20.8 Å². The zero-order valence-electron chi connectivity index (χ0n) is 14.9. The van der Waals surface area contributed by atoms with E-state index in [0.29, 0.717) is 0 Å². The van der Waals surface area contributed by atoms with Crippen molar-refractivity contribution in [3.8, 4) is 0 Å². The van der Waals surface area contributed by atoms with E-state index in [4.69, 9.17) is 0 Å². The van der Waals surface area contributed by atoms with E-state index >= 15 is 0 Å². The van der Waals surface area contributed by atoms with Crippen molar-refractivity contribution in [2.45, 2.75) is 34.6 Å². The Morgan fingerprint density at radius 2 is 1.57 bits per heavy atom. The van der Waals surface area contributed by atoms with Gasteiger partial charge in [-0.05, 0) is 73.6 Å². The van der Waals surface area contributed by atoms with E-state index in [9.17, 15) is 0 Å². The number of allylic oxidation sites excluding steroid dienone is 5. The number of aryl methyl sites for hydroxylation is 3. The maximum Gasteiger partial charge on any atom is -0.0150 e. The smallest absolute Gasteiger partial charge is 0.0150 e. The highest BCUT2D eigenvalue weighted by atomic mass is 14.1. The molecule has 0 aromatic heterocycles. The molecule has 0 amide bonds. The van der Waals surface area contributed by atoms with Crippen LogP contribution in [0.1, 0.15) is 41.7 Å². The van der Waals surface area contributed by atoms with Gasteiger partial charge in [-0.2, -0.15) is 0 Å². The van der Waals surface area contributed by atoms with Gasteiger partial charge >= 0.3 is 0 Å². The van der Waals surface area contributed by atoms with Gasteiger partial charge in [0.15, 0.2) is 0 Å². The molecule has 0 aliphatic heterocycles. The van der Waals surface area contributed by atoms with Crippen molar-refractivity contribution in [2.24, 2.45) is 0 Å². The standard InChI is InChI=1S/C23H26/c1-7-21(23-14-16(2)12-13-18(23)4)19(5)15-20(6)22-11-9-8-10-17(22)3/h7-15H,5H2,1-4,6H3/b20-15-,21-7-. The maximum atomic E-state index is 4.32. The van der Waals surface area contributed by atoms with Crippen LogP contribution in [0.15, 0.2) is 66.8 Å². The highest BCUT2D eigenvalue weighted by molar-refractivity contribution is 5.86. The molecule has 0 saturated carbocycles. The first kappa shape index (κ1) is 17.0. The van der Waals surface area contributed by atoms with Crippen LogP contribution in [0.25, 0.3) is 11.1 Å². The van der Waals surface area contributed by atoms with E-state index in [1.807, 2.05) is 0 Å². The molecule has 0 aliphatic rings. The minimum atomic E-state index is 1.06. The monoisotopic (exact) mass is 302 g/mol. The van der Waals surface area contributed by atoms with E-state index in [1.54, 1.807) is 0 Å². The Labute approximate surface area is 140 Å². The first-order valence-electron chi connectivity index (χ1n) is 8.11. The fraction of sp³-hybridized carbons (Fsp3) is 0.217. The SMILES string of the molecule is C=C(/C=C(/C)c1ccccc1C)/C(=C/C)c1cc(C)ccc1C. The predicted octanol–water partition coefficient (Wildman–Crippen LogP) is 6.67. The minimum absolute atomic E-state index is 1.06. The lowest BCUT2D eigenvalue weighted by atomic mass is 9.91. The molecule has 0 heteroatoms. The lowest BCUT2D eigenvalue weighted by Crippen LogP contribution is -1.93. The van der Waals surface area contributed by atoms with Gasteiger partial charge in [-0.25, -0.2) is 0 Å². The highest BCUT2D eigenvalue weighted by Gasteiger charge is 2.08. The molecule has 0 heterocycles. The molecule has 2 aromatic carbocycles. The summed E-state index contributed by atoms with van der Waals surface area (Å²) < 4.78 is 0. The van der Waals surface area contributed by atoms with E-state index in [2.05, 4.69) is 95.8 Å². The summed E-state index contributed by atoms with van der Waals surface area (Å²) in [6.07, 6.45) is 4.35. The topological polar surface area (TPSA) is 0 Å². The van der Waals surface area contributed by atoms with E-state index in [1.165, 1.54) is 39.0 Å². The van der Waals surface area contributed by atoms with Crippen LogP contribution in [0.2, 0.25) is 0 Å². The number of benzene rings is 2. The Balaban J connectivity index is 2.40. The molecule has 0 nitrogen and oxygen atoms in total. The third-order valence-corrected chi connectivity index (χ3v) is 4.28. The second-order valence-electron chi connectivity index (χ2n) is 6.19. The third kappa shape index (κ3) is 3.90. The van der Waals surface area contributed by atoms with Crippen molar-refractivity contribution in [3.05, 3.63) is 94.6 Å². The van der Waals surface area contributed by atoms with Crippen LogP contribution in [0.3, 0.4) is 0 Å². The Morgan fingerprint density at radius 3 is 2.22 bits per heavy atom. The number of hydrogen-bond donors (Lipinski definition) is 0. The van der Waals surface area contributed by atoms with Gasteiger partial charge in [0, 0.05) is 0 Å². The van der Waals surface area contributed by atoms with Crippen LogP contribution in [-0.2, 0) is 0 Å². The van der Waals surface area contributed by atoms with Gasteiger partial charge in [0.1, 0.15) is 0 Å². The Bertz CT molecular complexity index is 785. The van der Waals surface area contributed by atoms with E-state index < -0.39 is 0 Å². The average Bonchev–Trinajstić information content (AvgIpc) is 2.51. The van der Waals surface area contributed by atoms with Gasteiger partial charge in [-0.3, -0.25) is 0 Å². The quantitative estimate of drug-likeness (QED) is 0.553.